The Hall–Kier alpha value is -3.12. The second-order valence-corrected chi connectivity index (χ2v) is 8.56. The highest BCUT2D eigenvalue weighted by Crippen LogP contribution is 2.34. The van der Waals surface area contributed by atoms with Crippen LogP contribution in [0.4, 0.5) is 29.7 Å². The third-order valence-corrected chi connectivity index (χ3v) is 6.27. The summed E-state index contributed by atoms with van der Waals surface area (Å²) in [5.41, 5.74) is 11.7. The number of carbonyl (C=O) groups is 1. The maximum absolute atomic E-state index is 14.1. The molecule has 8 nitrogen and oxygen atoms in total. The number of thiazole rings is 1. The predicted octanol–water partition coefficient (Wildman–Crippen LogP) is 2.92. The number of halogens is 3. The van der Waals surface area contributed by atoms with Gasteiger partial charge in [0.1, 0.15) is 33.5 Å². The molecule has 3 aromatic rings. The Morgan fingerprint density at radius 1 is 1.25 bits per heavy atom. The molecule has 0 aliphatic carbocycles. The lowest BCUT2D eigenvalue weighted by atomic mass is 10.1. The summed E-state index contributed by atoms with van der Waals surface area (Å²) in [7, 11) is 1.71. The Kier molecular flexibility index (Phi) is 6.07. The molecule has 1 fully saturated rings. The SMILES string of the molecule is Cn1ncc(NC(=O)c2nc(-c3c(F)cccc3F)sc2N)c1N1CC[C@@H](N)[C@H](F)CC1. The molecular formula is C20H22F3N7OS. The van der Waals surface area contributed by atoms with Gasteiger partial charge in [-0.2, -0.15) is 5.10 Å². The van der Waals surface area contributed by atoms with Gasteiger partial charge < -0.3 is 21.7 Å². The minimum absolute atomic E-state index is 0.0200. The molecular weight excluding hydrogens is 443 g/mol. The molecule has 170 valence electrons. The quantitative estimate of drug-likeness (QED) is 0.546. The molecule has 0 spiro atoms. The number of alkyl halides is 1. The van der Waals surface area contributed by atoms with Crippen molar-refractivity contribution in [3.8, 4) is 10.6 Å². The van der Waals surface area contributed by atoms with Crippen molar-refractivity contribution in [2.45, 2.75) is 25.1 Å². The number of anilines is 3. The van der Waals surface area contributed by atoms with Crippen molar-refractivity contribution in [1.82, 2.24) is 14.8 Å². The van der Waals surface area contributed by atoms with E-state index < -0.39 is 29.8 Å². The van der Waals surface area contributed by atoms with E-state index in [0.29, 0.717) is 31.0 Å². The van der Waals surface area contributed by atoms with Gasteiger partial charge in [0.05, 0.1) is 11.8 Å². The zero-order valence-electron chi connectivity index (χ0n) is 17.2. The summed E-state index contributed by atoms with van der Waals surface area (Å²) in [5, 5.41) is 6.89. The molecule has 1 amide bonds. The van der Waals surface area contributed by atoms with Gasteiger partial charge in [0.25, 0.3) is 5.91 Å². The van der Waals surface area contributed by atoms with Gasteiger partial charge in [0.2, 0.25) is 0 Å². The van der Waals surface area contributed by atoms with Crippen LogP contribution >= 0.6 is 11.3 Å². The van der Waals surface area contributed by atoms with Gasteiger partial charge in [0.15, 0.2) is 11.5 Å². The van der Waals surface area contributed by atoms with Crippen molar-refractivity contribution in [3.63, 3.8) is 0 Å². The van der Waals surface area contributed by atoms with Crippen LogP contribution in [0.5, 0.6) is 0 Å². The Bertz CT molecular complexity index is 1120. The normalized spacial score (nSPS) is 19.1. The summed E-state index contributed by atoms with van der Waals surface area (Å²) in [5.74, 6) is -1.66. The fourth-order valence-corrected chi connectivity index (χ4v) is 4.56. The van der Waals surface area contributed by atoms with Crippen LogP contribution in [0.15, 0.2) is 24.4 Å². The highest BCUT2D eigenvalue weighted by molar-refractivity contribution is 7.19. The van der Waals surface area contributed by atoms with Crippen molar-refractivity contribution in [2.24, 2.45) is 12.8 Å². The minimum Gasteiger partial charge on any atom is -0.389 e. The third kappa shape index (κ3) is 4.15. The molecule has 0 unspecified atom stereocenters. The highest BCUT2D eigenvalue weighted by Gasteiger charge is 2.28. The molecule has 1 aliphatic heterocycles. The lowest BCUT2D eigenvalue weighted by Gasteiger charge is -2.24. The molecule has 0 saturated carbocycles. The van der Waals surface area contributed by atoms with E-state index >= 15 is 0 Å². The summed E-state index contributed by atoms with van der Waals surface area (Å²) < 4.78 is 43.8. The molecule has 32 heavy (non-hydrogen) atoms. The Balaban J connectivity index is 1.59. The monoisotopic (exact) mass is 465 g/mol. The molecule has 2 atom stereocenters. The Morgan fingerprint density at radius 2 is 1.94 bits per heavy atom. The van der Waals surface area contributed by atoms with Gasteiger partial charge in [-0.3, -0.25) is 9.48 Å². The van der Waals surface area contributed by atoms with Crippen LogP contribution in [0, 0.1) is 11.6 Å². The number of benzene rings is 1. The number of aryl methyl sites for hydroxylation is 1. The number of carbonyl (C=O) groups excluding carboxylic acids is 1. The molecule has 5 N–H and O–H groups in total. The Morgan fingerprint density at radius 3 is 2.66 bits per heavy atom. The average Bonchev–Trinajstić information content (AvgIpc) is 3.25. The third-order valence-electron chi connectivity index (χ3n) is 5.37. The molecule has 2 aromatic heterocycles. The van der Waals surface area contributed by atoms with Crippen molar-refractivity contribution >= 4 is 33.8 Å². The second kappa shape index (κ2) is 8.79. The largest absolute Gasteiger partial charge is 0.389 e. The van der Waals surface area contributed by atoms with Crippen LogP contribution < -0.4 is 21.7 Å². The van der Waals surface area contributed by atoms with Gasteiger partial charge in [-0.05, 0) is 25.0 Å². The molecule has 0 bridgehead atoms. The van der Waals surface area contributed by atoms with E-state index in [1.807, 2.05) is 4.90 Å². The summed E-state index contributed by atoms with van der Waals surface area (Å²) in [4.78, 5) is 18.9. The zero-order valence-corrected chi connectivity index (χ0v) is 18.0. The van der Waals surface area contributed by atoms with Crippen LogP contribution in [0.2, 0.25) is 0 Å². The fraction of sp³-hybridized carbons (Fsp3) is 0.350. The summed E-state index contributed by atoms with van der Waals surface area (Å²) in [6.07, 6.45) is 1.08. The minimum atomic E-state index is -1.10. The Labute approximate surface area is 186 Å². The molecule has 0 radical (unpaired) electrons. The first-order valence-electron chi connectivity index (χ1n) is 9.95. The van der Waals surface area contributed by atoms with Crippen molar-refractivity contribution in [2.75, 3.05) is 29.0 Å². The number of nitrogen functional groups attached to an aromatic ring is 1. The number of aromatic nitrogens is 3. The molecule has 1 aliphatic rings. The zero-order chi connectivity index (χ0) is 23.0. The average molecular weight is 466 g/mol. The van der Waals surface area contributed by atoms with Gasteiger partial charge in [-0.15, -0.1) is 0 Å². The van der Waals surface area contributed by atoms with E-state index in [1.165, 1.54) is 12.3 Å². The van der Waals surface area contributed by atoms with Gasteiger partial charge in [-0.1, -0.05) is 17.4 Å². The van der Waals surface area contributed by atoms with Crippen LogP contribution in [0.25, 0.3) is 10.6 Å². The molecule has 12 heteroatoms. The van der Waals surface area contributed by atoms with E-state index in [-0.39, 0.29) is 27.7 Å². The first kappa shape index (κ1) is 22.1. The van der Waals surface area contributed by atoms with Gasteiger partial charge >= 0.3 is 0 Å². The predicted molar refractivity (Wildman–Crippen MR) is 117 cm³/mol. The topological polar surface area (TPSA) is 115 Å². The van der Waals surface area contributed by atoms with Crippen LogP contribution in [-0.2, 0) is 7.05 Å². The number of amides is 1. The van der Waals surface area contributed by atoms with Gasteiger partial charge in [-0.25, -0.2) is 18.2 Å². The van der Waals surface area contributed by atoms with E-state index in [0.717, 1.165) is 23.5 Å². The number of nitrogens with one attached hydrogen (secondary N) is 1. The van der Waals surface area contributed by atoms with E-state index in [4.69, 9.17) is 11.5 Å². The first-order valence-corrected chi connectivity index (χ1v) is 10.8. The number of nitrogens with two attached hydrogens (primary N) is 2. The number of hydrogen-bond acceptors (Lipinski definition) is 7. The first-order chi connectivity index (χ1) is 15.3. The van der Waals surface area contributed by atoms with Crippen molar-refractivity contribution in [1.29, 1.82) is 0 Å². The highest BCUT2D eigenvalue weighted by atomic mass is 32.1. The lowest BCUT2D eigenvalue weighted by Crippen LogP contribution is -2.31. The molecule has 1 saturated heterocycles. The van der Waals surface area contributed by atoms with E-state index in [2.05, 4.69) is 15.4 Å². The second-order valence-electron chi connectivity index (χ2n) is 7.53. The van der Waals surface area contributed by atoms with Gasteiger partial charge in [0, 0.05) is 26.2 Å². The molecule has 3 heterocycles. The van der Waals surface area contributed by atoms with Crippen LogP contribution in [-0.4, -0.2) is 46.0 Å². The van der Waals surface area contributed by atoms with E-state index in [9.17, 15) is 18.0 Å². The molecule has 1 aromatic carbocycles. The smallest absolute Gasteiger partial charge is 0.277 e. The fourth-order valence-electron chi connectivity index (χ4n) is 3.68. The maximum Gasteiger partial charge on any atom is 0.277 e. The number of nitrogens with zero attached hydrogens (tertiary/aromatic N) is 4. The van der Waals surface area contributed by atoms with Crippen LogP contribution in [0.1, 0.15) is 23.3 Å². The van der Waals surface area contributed by atoms with Crippen LogP contribution in [0.3, 0.4) is 0 Å². The number of rotatable bonds is 4. The summed E-state index contributed by atoms with van der Waals surface area (Å²) in [6, 6.07) is 2.90. The maximum atomic E-state index is 14.1. The van der Waals surface area contributed by atoms with Crippen molar-refractivity contribution in [3.05, 3.63) is 41.7 Å². The van der Waals surface area contributed by atoms with E-state index in [1.54, 1.807) is 11.7 Å². The molecule has 4 rings (SSSR count). The standard InChI is InChI=1S/C20H22F3N7OS/c1-29-20(30-7-5-10(21)13(24)6-8-30)14(9-26-29)27-18(31)16-17(25)32-19(28-16)15-11(22)3-2-4-12(15)23/h2-4,9-10,13H,5-8,24-25H2,1H3,(H,27,31)/t10-,13-/m1/s1. The summed E-state index contributed by atoms with van der Waals surface area (Å²) >= 11 is 0.814. The van der Waals surface area contributed by atoms with Crippen molar-refractivity contribution < 1.29 is 18.0 Å². The lowest BCUT2D eigenvalue weighted by molar-refractivity contribution is 0.102. The number of hydrogen-bond donors (Lipinski definition) is 3. The summed E-state index contributed by atoms with van der Waals surface area (Å²) in [6.45, 7) is 0.909.